The van der Waals surface area contributed by atoms with Crippen LogP contribution in [0.1, 0.15) is 5.56 Å². The summed E-state index contributed by atoms with van der Waals surface area (Å²) in [7, 11) is 0. The van der Waals surface area contributed by atoms with Gasteiger partial charge >= 0.3 is 0 Å². The third-order valence-corrected chi connectivity index (χ3v) is 2.16. The van der Waals surface area contributed by atoms with Gasteiger partial charge in [0.1, 0.15) is 0 Å². The van der Waals surface area contributed by atoms with Gasteiger partial charge in [-0.2, -0.15) is 5.10 Å². The number of nitrogens with two attached hydrogens (primary N) is 1. The lowest BCUT2D eigenvalue weighted by molar-refractivity contribution is -0.110. The number of halogens is 1. The molecule has 2 rings (SSSR count). The van der Waals surface area contributed by atoms with Gasteiger partial charge < -0.3 is 11.2 Å². The summed E-state index contributed by atoms with van der Waals surface area (Å²) in [6.07, 6.45) is 0. The summed E-state index contributed by atoms with van der Waals surface area (Å²) in [5.41, 5.74) is 1.42. The first-order valence-corrected chi connectivity index (χ1v) is 4.00. The number of nitrogens with one attached hydrogen (secondary N) is 1. The standard InChI is InChI=1S/C8H6ClN3O/c9-4-2-1-3-5-6(4)7(12-10)8(13)11-5/h1-3H,10H2,(H,11,12,13). The Morgan fingerprint density at radius 1 is 1.46 bits per heavy atom. The van der Waals surface area contributed by atoms with Crippen LogP contribution in [-0.4, -0.2) is 11.6 Å². The fourth-order valence-corrected chi connectivity index (χ4v) is 1.55. The van der Waals surface area contributed by atoms with Gasteiger partial charge in [-0.25, -0.2) is 0 Å². The maximum atomic E-state index is 11.2. The molecule has 0 radical (unpaired) electrons. The molecule has 1 aliphatic heterocycles. The van der Waals surface area contributed by atoms with E-state index in [1.165, 1.54) is 0 Å². The van der Waals surface area contributed by atoms with Crippen molar-refractivity contribution in [3.05, 3.63) is 28.8 Å². The summed E-state index contributed by atoms with van der Waals surface area (Å²) in [5.74, 6) is 4.76. The van der Waals surface area contributed by atoms with E-state index in [1.807, 2.05) is 0 Å². The number of benzene rings is 1. The van der Waals surface area contributed by atoms with E-state index in [0.717, 1.165) is 0 Å². The van der Waals surface area contributed by atoms with Crippen molar-refractivity contribution in [2.24, 2.45) is 10.9 Å². The Bertz CT molecular complexity index is 414. The largest absolute Gasteiger partial charge is 0.322 e. The molecule has 0 spiro atoms. The van der Waals surface area contributed by atoms with Crippen molar-refractivity contribution in [3.63, 3.8) is 0 Å². The molecule has 0 fully saturated rings. The summed E-state index contributed by atoms with van der Waals surface area (Å²) in [4.78, 5) is 11.2. The highest BCUT2D eigenvalue weighted by atomic mass is 35.5. The van der Waals surface area contributed by atoms with Crippen molar-refractivity contribution < 1.29 is 4.79 Å². The van der Waals surface area contributed by atoms with E-state index in [9.17, 15) is 4.79 Å². The van der Waals surface area contributed by atoms with E-state index in [-0.39, 0.29) is 11.6 Å². The number of anilines is 1. The minimum atomic E-state index is -0.314. The molecule has 0 saturated heterocycles. The van der Waals surface area contributed by atoms with E-state index >= 15 is 0 Å². The second-order valence-electron chi connectivity index (χ2n) is 2.59. The molecule has 0 saturated carbocycles. The Hall–Kier alpha value is -1.55. The number of hydrogen-bond acceptors (Lipinski definition) is 3. The average Bonchev–Trinajstić information content (AvgIpc) is 2.42. The molecule has 1 aromatic rings. The molecular formula is C8H6ClN3O. The van der Waals surface area contributed by atoms with Gasteiger partial charge in [-0.3, -0.25) is 4.79 Å². The van der Waals surface area contributed by atoms with Gasteiger partial charge in [0.05, 0.1) is 10.7 Å². The van der Waals surface area contributed by atoms with Crippen molar-refractivity contribution in [1.29, 1.82) is 0 Å². The molecule has 13 heavy (non-hydrogen) atoms. The average molecular weight is 196 g/mol. The molecule has 0 aromatic heterocycles. The minimum absolute atomic E-state index is 0.181. The normalized spacial score (nSPS) is 17.3. The van der Waals surface area contributed by atoms with E-state index in [2.05, 4.69) is 10.4 Å². The smallest absolute Gasteiger partial charge is 0.276 e. The van der Waals surface area contributed by atoms with E-state index in [1.54, 1.807) is 18.2 Å². The molecule has 0 atom stereocenters. The third-order valence-electron chi connectivity index (χ3n) is 1.84. The molecule has 0 bridgehead atoms. The monoisotopic (exact) mass is 195 g/mol. The zero-order valence-corrected chi connectivity index (χ0v) is 7.30. The molecule has 3 N–H and O–H groups in total. The zero-order valence-electron chi connectivity index (χ0n) is 6.54. The SMILES string of the molecule is N/N=C1\C(=O)Nc2cccc(Cl)c21. The molecule has 4 nitrogen and oxygen atoms in total. The topological polar surface area (TPSA) is 67.5 Å². The maximum absolute atomic E-state index is 11.2. The van der Waals surface area contributed by atoms with Gasteiger partial charge in [-0.05, 0) is 12.1 Å². The molecule has 0 aliphatic carbocycles. The Morgan fingerprint density at radius 3 is 2.92 bits per heavy atom. The van der Waals surface area contributed by atoms with Crippen molar-refractivity contribution in [3.8, 4) is 0 Å². The first-order valence-electron chi connectivity index (χ1n) is 3.62. The van der Waals surface area contributed by atoms with Crippen LogP contribution in [0.5, 0.6) is 0 Å². The quantitative estimate of drug-likeness (QED) is 0.478. The fraction of sp³-hybridized carbons (Fsp3) is 0. The van der Waals surface area contributed by atoms with Gasteiger partial charge in [0.15, 0.2) is 5.71 Å². The van der Waals surface area contributed by atoms with Crippen molar-refractivity contribution in [1.82, 2.24) is 0 Å². The fourth-order valence-electron chi connectivity index (χ4n) is 1.29. The van der Waals surface area contributed by atoms with Gasteiger partial charge in [0.25, 0.3) is 5.91 Å². The Balaban J connectivity index is 2.70. The van der Waals surface area contributed by atoms with Crippen LogP contribution in [-0.2, 0) is 4.79 Å². The number of carbonyl (C=O) groups excluding carboxylic acids is 1. The van der Waals surface area contributed by atoms with Crippen LogP contribution < -0.4 is 11.2 Å². The zero-order chi connectivity index (χ0) is 9.42. The van der Waals surface area contributed by atoms with Crippen LogP contribution >= 0.6 is 11.6 Å². The van der Waals surface area contributed by atoms with Crippen molar-refractivity contribution in [2.75, 3.05) is 5.32 Å². The Kier molecular flexibility index (Phi) is 1.70. The van der Waals surface area contributed by atoms with Crippen molar-refractivity contribution in [2.45, 2.75) is 0 Å². The Labute approximate surface area is 79.4 Å². The molecular weight excluding hydrogens is 190 g/mol. The number of amides is 1. The van der Waals surface area contributed by atoms with Gasteiger partial charge in [-0.15, -0.1) is 0 Å². The minimum Gasteiger partial charge on any atom is -0.322 e. The first-order chi connectivity index (χ1) is 6.24. The molecule has 5 heteroatoms. The van der Waals surface area contributed by atoms with Gasteiger partial charge in [0, 0.05) is 5.56 Å². The molecule has 0 unspecified atom stereocenters. The van der Waals surface area contributed by atoms with Crippen LogP contribution in [0.15, 0.2) is 23.3 Å². The number of hydrazone groups is 1. The lowest BCUT2D eigenvalue weighted by Gasteiger charge is -1.98. The molecule has 1 aromatic carbocycles. The van der Waals surface area contributed by atoms with Crippen LogP contribution in [0.4, 0.5) is 5.69 Å². The molecule has 66 valence electrons. The van der Waals surface area contributed by atoms with E-state index in [4.69, 9.17) is 17.4 Å². The first kappa shape index (κ1) is 8.07. The van der Waals surface area contributed by atoms with E-state index in [0.29, 0.717) is 16.3 Å². The van der Waals surface area contributed by atoms with E-state index < -0.39 is 0 Å². The number of nitrogens with zero attached hydrogens (tertiary/aromatic N) is 1. The number of hydrogen-bond donors (Lipinski definition) is 2. The van der Waals surface area contributed by atoms with Crippen molar-refractivity contribution >= 4 is 28.9 Å². The summed E-state index contributed by atoms with van der Waals surface area (Å²) in [6, 6.07) is 5.18. The third kappa shape index (κ3) is 1.07. The predicted octanol–water partition coefficient (Wildman–Crippen LogP) is 0.955. The summed E-state index contributed by atoms with van der Waals surface area (Å²) < 4.78 is 0. The Morgan fingerprint density at radius 2 is 2.23 bits per heavy atom. The summed E-state index contributed by atoms with van der Waals surface area (Å²) in [6.45, 7) is 0. The van der Waals surface area contributed by atoms with Crippen LogP contribution in [0, 0.1) is 0 Å². The molecule has 1 aliphatic rings. The van der Waals surface area contributed by atoms with Crippen LogP contribution in [0.2, 0.25) is 5.02 Å². The lowest BCUT2D eigenvalue weighted by atomic mass is 10.1. The summed E-state index contributed by atoms with van der Waals surface area (Å²) in [5, 5.41) is 6.47. The second-order valence-corrected chi connectivity index (χ2v) is 3.00. The second kappa shape index (κ2) is 2.74. The van der Waals surface area contributed by atoms with Crippen LogP contribution in [0.25, 0.3) is 0 Å². The highest BCUT2D eigenvalue weighted by Gasteiger charge is 2.27. The maximum Gasteiger partial charge on any atom is 0.276 e. The highest BCUT2D eigenvalue weighted by Crippen LogP contribution is 2.29. The molecule has 1 heterocycles. The van der Waals surface area contributed by atoms with Crippen LogP contribution in [0.3, 0.4) is 0 Å². The molecule has 1 amide bonds. The summed E-state index contributed by atoms with van der Waals surface area (Å²) >= 11 is 5.88. The lowest BCUT2D eigenvalue weighted by Crippen LogP contribution is -2.16. The number of rotatable bonds is 0. The number of fused-ring (bicyclic) bond motifs is 1. The van der Waals surface area contributed by atoms with Gasteiger partial charge in [-0.1, -0.05) is 17.7 Å². The predicted molar refractivity (Wildman–Crippen MR) is 50.8 cm³/mol. The van der Waals surface area contributed by atoms with Gasteiger partial charge in [0.2, 0.25) is 0 Å². The highest BCUT2D eigenvalue weighted by molar-refractivity contribution is 6.56. The number of carbonyl (C=O) groups is 1.